The molecule has 1 aliphatic carbocycles. The van der Waals surface area contributed by atoms with E-state index in [0.717, 1.165) is 25.1 Å². The van der Waals surface area contributed by atoms with Gasteiger partial charge in [-0.05, 0) is 26.2 Å². The number of carbonyl (C=O) groups is 1. The number of hydrogen-bond acceptors (Lipinski definition) is 2. The van der Waals surface area contributed by atoms with Crippen molar-refractivity contribution in [3.63, 3.8) is 0 Å². The largest absolute Gasteiger partial charge is 0.337 e. The Labute approximate surface area is 85.2 Å². The van der Waals surface area contributed by atoms with Crippen LogP contribution in [0.5, 0.6) is 0 Å². The van der Waals surface area contributed by atoms with Crippen LogP contribution in [0, 0.1) is 0 Å². The molecule has 1 heterocycles. The second kappa shape index (κ2) is 3.73. The summed E-state index contributed by atoms with van der Waals surface area (Å²) in [6, 6.07) is 0.704. The fraction of sp³-hybridized carbons (Fsp3) is 0.727. The highest BCUT2D eigenvalue weighted by Crippen LogP contribution is 2.22. The normalized spacial score (nSPS) is 27.1. The third-order valence-electron chi connectivity index (χ3n) is 2.77. The summed E-state index contributed by atoms with van der Waals surface area (Å²) >= 11 is 0. The van der Waals surface area contributed by atoms with E-state index in [2.05, 4.69) is 11.9 Å². The fourth-order valence-corrected chi connectivity index (χ4v) is 1.91. The minimum Gasteiger partial charge on any atom is -0.337 e. The Hall–Kier alpha value is -0.830. The molecular formula is C11H18N2O. The van der Waals surface area contributed by atoms with Crippen LogP contribution >= 0.6 is 0 Å². The summed E-state index contributed by atoms with van der Waals surface area (Å²) in [7, 11) is 0. The van der Waals surface area contributed by atoms with Crippen LogP contribution in [0.15, 0.2) is 12.2 Å². The molecule has 1 unspecified atom stereocenters. The van der Waals surface area contributed by atoms with Crippen molar-refractivity contribution in [2.75, 3.05) is 13.1 Å². The lowest BCUT2D eigenvalue weighted by molar-refractivity contribution is -0.129. The molecule has 0 radical (unpaired) electrons. The Bertz CT molecular complexity index is 258. The molecular weight excluding hydrogens is 176 g/mol. The van der Waals surface area contributed by atoms with Gasteiger partial charge in [0.05, 0.1) is 6.04 Å². The van der Waals surface area contributed by atoms with E-state index in [0.29, 0.717) is 6.04 Å². The molecule has 0 bridgehead atoms. The first kappa shape index (κ1) is 9.71. The molecule has 14 heavy (non-hydrogen) atoms. The van der Waals surface area contributed by atoms with Gasteiger partial charge in [-0.15, -0.1) is 0 Å². The number of nitrogens with zero attached hydrogens (tertiary/aromatic N) is 1. The smallest absolute Gasteiger partial charge is 0.240 e. The SMILES string of the molecule is C=C(C)CN1CCC(NC2CC2)C1=O. The van der Waals surface area contributed by atoms with Crippen molar-refractivity contribution in [2.24, 2.45) is 0 Å². The van der Waals surface area contributed by atoms with Crippen molar-refractivity contribution in [2.45, 2.75) is 38.3 Å². The van der Waals surface area contributed by atoms with E-state index < -0.39 is 0 Å². The Morgan fingerprint density at radius 1 is 1.57 bits per heavy atom. The Kier molecular flexibility index (Phi) is 2.59. The van der Waals surface area contributed by atoms with E-state index in [-0.39, 0.29) is 11.9 Å². The Morgan fingerprint density at radius 3 is 2.86 bits per heavy atom. The standard InChI is InChI=1S/C11H18N2O/c1-8(2)7-13-6-5-10(11(13)14)12-9-3-4-9/h9-10,12H,1,3-7H2,2H3. The Morgan fingerprint density at radius 2 is 2.29 bits per heavy atom. The van der Waals surface area contributed by atoms with Crippen LogP contribution in [0.3, 0.4) is 0 Å². The second-order valence-electron chi connectivity index (χ2n) is 4.50. The Balaban J connectivity index is 1.85. The van der Waals surface area contributed by atoms with E-state index >= 15 is 0 Å². The zero-order valence-electron chi connectivity index (χ0n) is 8.75. The summed E-state index contributed by atoms with van der Waals surface area (Å²) < 4.78 is 0. The summed E-state index contributed by atoms with van der Waals surface area (Å²) in [5.74, 6) is 0.264. The summed E-state index contributed by atoms with van der Waals surface area (Å²) in [6.07, 6.45) is 3.44. The summed E-state index contributed by atoms with van der Waals surface area (Å²) in [5, 5.41) is 3.38. The monoisotopic (exact) mass is 194 g/mol. The van der Waals surface area contributed by atoms with Crippen LogP contribution < -0.4 is 5.32 Å². The highest BCUT2D eigenvalue weighted by atomic mass is 16.2. The molecule has 1 amide bonds. The van der Waals surface area contributed by atoms with Gasteiger partial charge >= 0.3 is 0 Å². The van der Waals surface area contributed by atoms with E-state index in [1.807, 2.05) is 11.8 Å². The fourth-order valence-electron chi connectivity index (χ4n) is 1.91. The lowest BCUT2D eigenvalue weighted by Gasteiger charge is -2.16. The maximum atomic E-state index is 11.8. The molecule has 2 aliphatic rings. The summed E-state index contributed by atoms with van der Waals surface area (Å²) in [4.78, 5) is 13.7. The molecule has 3 heteroatoms. The number of amides is 1. The second-order valence-corrected chi connectivity index (χ2v) is 4.50. The van der Waals surface area contributed by atoms with Crippen LogP contribution in [-0.2, 0) is 4.79 Å². The molecule has 2 rings (SSSR count). The maximum absolute atomic E-state index is 11.8. The van der Waals surface area contributed by atoms with Gasteiger partial charge in [0.2, 0.25) is 5.91 Å². The molecule has 1 aliphatic heterocycles. The van der Waals surface area contributed by atoms with Gasteiger partial charge in [0.1, 0.15) is 0 Å². The zero-order valence-corrected chi connectivity index (χ0v) is 8.75. The number of likely N-dealkylation sites (tertiary alicyclic amines) is 1. The highest BCUT2D eigenvalue weighted by Gasteiger charge is 2.35. The molecule has 78 valence electrons. The van der Waals surface area contributed by atoms with Crippen LogP contribution in [0.1, 0.15) is 26.2 Å². The van der Waals surface area contributed by atoms with Crippen LogP contribution in [0.4, 0.5) is 0 Å². The molecule has 1 saturated carbocycles. The third kappa shape index (κ3) is 2.15. The van der Waals surface area contributed by atoms with Gasteiger partial charge in [0.15, 0.2) is 0 Å². The van der Waals surface area contributed by atoms with Crippen molar-refractivity contribution in [3.05, 3.63) is 12.2 Å². The molecule has 3 nitrogen and oxygen atoms in total. The first-order valence-corrected chi connectivity index (χ1v) is 5.36. The molecule has 0 aromatic heterocycles. The van der Waals surface area contributed by atoms with Crippen molar-refractivity contribution in [1.29, 1.82) is 0 Å². The van der Waals surface area contributed by atoms with Gasteiger partial charge in [-0.25, -0.2) is 0 Å². The summed E-state index contributed by atoms with van der Waals surface area (Å²) in [6.45, 7) is 7.41. The lowest BCUT2D eigenvalue weighted by Crippen LogP contribution is -2.39. The lowest BCUT2D eigenvalue weighted by atomic mass is 10.2. The minimum atomic E-state index is 0.0850. The number of carbonyl (C=O) groups excluding carboxylic acids is 1. The first-order valence-electron chi connectivity index (χ1n) is 5.36. The maximum Gasteiger partial charge on any atom is 0.240 e. The topological polar surface area (TPSA) is 32.3 Å². The molecule has 1 N–H and O–H groups in total. The van der Waals surface area contributed by atoms with E-state index in [1.54, 1.807) is 0 Å². The third-order valence-corrected chi connectivity index (χ3v) is 2.77. The van der Waals surface area contributed by atoms with Gasteiger partial charge in [0.25, 0.3) is 0 Å². The zero-order chi connectivity index (χ0) is 10.1. The molecule has 2 fully saturated rings. The van der Waals surface area contributed by atoms with Gasteiger partial charge in [-0.2, -0.15) is 0 Å². The van der Waals surface area contributed by atoms with Crippen LogP contribution in [0.25, 0.3) is 0 Å². The van der Waals surface area contributed by atoms with Crippen molar-refractivity contribution >= 4 is 5.91 Å². The van der Waals surface area contributed by atoms with Gasteiger partial charge in [0, 0.05) is 19.1 Å². The van der Waals surface area contributed by atoms with Crippen molar-refractivity contribution in [1.82, 2.24) is 10.2 Å². The highest BCUT2D eigenvalue weighted by molar-refractivity contribution is 5.84. The molecule has 0 aromatic carbocycles. The van der Waals surface area contributed by atoms with E-state index in [9.17, 15) is 4.79 Å². The van der Waals surface area contributed by atoms with Crippen LogP contribution in [-0.4, -0.2) is 36.0 Å². The predicted molar refractivity (Wildman–Crippen MR) is 56.0 cm³/mol. The van der Waals surface area contributed by atoms with E-state index in [1.165, 1.54) is 12.8 Å². The van der Waals surface area contributed by atoms with Crippen molar-refractivity contribution in [3.8, 4) is 0 Å². The van der Waals surface area contributed by atoms with Gasteiger partial charge in [-0.1, -0.05) is 12.2 Å². The predicted octanol–water partition coefficient (Wildman–Crippen LogP) is 0.915. The van der Waals surface area contributed by atoms with E-state index in [4.69, 9.17) is 0 Å². The number of nitrogens with one attached hydrogen (secondary N) is 1. The summed E-state index contributed by atoms with van der Waals surface area (Å²) in [5.41, 5.74) is 1.06. The molecule has 0 spiro atoms. The number of rotatable bonds is 4. The van der Waals surface area contributed by atoms with Gasteiger partial charge in [-0.3, -0.25) is 4.79 Å². The average Bonchev–Trinajstić information content (AvgIpc) is 2.86. The number of hydrogen-bond donors (Lipinski definition) is 1. The minimum absolute atomic E-state index is 0.0850. The average molecular weight is 194 g/mol. The first-order chi connectivity index (χ1) is 6.66. The molecule has 1 saturated heterocycles. The van der Waals surface area contributed by atoms with Crippen LogP contribution in [0.2, 0.25) is 0 Å². The molecule has 0 aromatic rings. The van der Waals surface area contributed by atoms with Crippen molar-refractivity contribution < 1.29 is 4.79 Å². The van der Waals surface area contributed by atoms with Gasteiger partial charge < -0.3 is 10.2 Å². The molecule has 1 atom stereocenters. The quantitative estimate of drug-likeness (QED) is 0.675.